The van der Waals surface area contributed by atoms with E-state index in [1.54, 1.807) is 41.8 Å². The quantitative estimate of drug-likeness (QED) is 0.717. The van der Waals surface area contributed by atoms with E-state index in [4.69, 9.17) is 0 Å². The molecule has 0 spiro atoms. The number of benzene rings is 2. The number of hydrogen-bond donors (Lipinski definition) is 0. The first kappa shape index (κ1) is 15.3. The molecular formula is C17H13F3N2O. The monoisotopic (exact) mass is 318 g/mol. The maximum absolute atomic E-state index is 13.0. The minimum Gasteiger partial charge on any atom is -0.298 e. The van der Waals surface area contributed by atoms with Gasteiger partial charge in [0.2, 0.25) is 0 Å². The third kappa shape index (κ3) is 2.72. The van der Waals surface area contributed by atoms with Crippen molar-refractivity contribution in [3.05, 3.63) is 70.3 Å². The fourth-order valence-corrected chi connectivity index (χ4v) is 2.56. The van der Waals surface area contributed by atoms with E-state index in [0.717, 1.165) is 12.1 Å². The Labute approximate surface area is 130 Å². The summed E-state index contributed by atoms with van der Waals surface area (Å²) in [6.45, 7) is 1.81. The standard InChI is InChI=1S/C17H13F3N2O/c1-2-15-21-16(23)13-8-3-4-9-14(13)22(15)12-7-5-6-11(10-12)17(18,19)20/h3-10H,2H2,1H3. The molecule has 2 aromatic carbocycles. The Hall–Kier alpha value is -2.63. The molecule has 0 saturated carbocycles. The van der Waals surface area contributed by atoms with Gasteiger partial charge in [0, 0.05) is 12.1 Å². The molecule has 1 aromatic heterocycles. The van der Waals surface area contributed by atoms with Crippen molar-refractivity contribution in [2.45, 2.75) is 19.5 Å². The first-order valence-electron chi connectivity index (χ1n) is 7.10. The molecule has 3 rings (SSSR count). The minimum atomic E-state index is -4.43. The number of rotatable bonds is 2. The van der Waals surface area contributed by atoms with Gasteiger partial charge < -0.3 is 0 Å². The van der Waals surface area contributed by atoms with Crippen LogP contribution in [0.3, 0.4) is 0 Å². The van der Waals surface area contributed by atoms with Crippen molar-refractivity contribution in [1.29, 1.82) is 0 Å². The zero-order chi connectivity index (χ0) is 16.6. The molecule has 0 amide bonds. The van der Waals surface area contributed by atoms with Gasteiger partial charge in [-0.05, 0) is 30.3 Å². The van der Waals surface area contributed by atoms with Crippen molar-refractivity contribution in [2.75, 3.05) is 0 Å². The van der Waals surface area contributed by atoms with E-state index in [1.165, 1.54) is 6.07 Å². The topological polar surface area (TPSA) is 34.9 Å². The Bertz CT molecular complexity index is 929. The molecule has 0 aliphatic heterocycles. The molecule has 0 aliphatic carbocycles. The summed E-state index contributed by atoms with van der Waals surface area (Å²) in [5.41, 5.74) is -0.232. The van der Waals surface area contributed by atoms with Crippen molar-refractivity contribution < 1.29 is 13.2 Å². The van der Waals surface area contributed by atoms with Crippen LogP contribution in [-0.2, 0) is 12.6 Å². The smallest absolute Gasteiger partial charge is 0.298 e. The lowest BCUT2D eigenvalue weighted by atomic mass is 10.1. The van der Waals surface area contributed by atoms with Crippen LogP contribution in [0, 0.1) is 0 Å². The van der Waals surface area contributed by atoms with Gasteiger partial charge in [0.15, 0.2) is 0 Å². The van der Waals surface area contributed by atoms with Crippen LogP contribution in [0.15, 0.2) is 53.3 Å². The van der Waals surface area contributed by atoms with Crippen LogP contribution in [0.4, 0.5) is 13.2 Å². The molecule has 0 radical (unpaired) electrons. The predicted molar refractivity (Wildman–Crippen MR) is 81.7 cm³/mol. The third-order valence-electron chi connectivity index (χ3n) is 3.61. The normalized spacial score (nSPS) is 11.8. The molecule has 118 valence electrons. The Kier molecular flexibility index (Phi) is 3.67. The van der Waals surface area contributed by atoms with Crippen LogP contribution in [0.2, 0.25) is 0 Å². The molecule has 0 fully saturated rings. The number of halogens is 3. The SMILES string of the molecule is CCc1nc(=O)c2ccccc2n1-c1cccc(C(F)(F)F)c1. The molecule has 0 bridgehead atoms. The van der Waals surface area contributed by atoms with Crippen molar-refractivity contribution in [3.8, 4) is 5.69 Å². The molecule has 0 unspecified atom stereocenters. The number of alkyl halides is 3. The van der Waals surface area contributed by atoms with Crippen molar-refractivity contribution in [2.24, 2.45) is 0 Å². The highest BCUT2D eigenvalue weighted by Crippen LogP contribution is 2.31. The molecule has 3 nitrogen and oxygen atoms in total. The summed E-state index contributed by atoms with van der Waals surface area (Å²) in [6, 6.07) is 11.8. The molecule has 3 aromatic rings. The molecule has 1 heterocycles. The van der Waals surface area contributed by atoms with Gasteiger partial charge in [0.1, 0.15) is 5.82 Å². The summed E-state index contributed by atoms with van der Waals surface area (Å²) in [5, 5.41) is 0.377. The van der Waals surface area contributed by atoms with Gasteiger partial charge in [-0.3, -0.25) is 9.36 Å². The second-order valence-electron chi connectivity index (χ2n) is 5.09. The maximum Gasteiger partial charge on any atom is 0.416 e. The summed E-state index contributed by atoms with van der Waals surface area (Å²) in [7, 11) is 0. The van der Waals surface area contributed by atoms with Crippen LogP contribution in [0.25, 0.3) is 16.6 Å². The van der Waals surface area contributed by atoms with Gasteiger partial charge in [-0.2, -0.15) is 18.2 Å². The summed E-state index contributed by atoms with van der Waals surface area (Å²) in [5.74, 6) is 0.424. The minimum absolute atomic E-state index is 0.334. The molecule has 0 saturated heterocycles. The fraction of sp³-hybridized carbons (Fsp3) is 0.176. The maximum atomic E-state index is 13.0. The van der Waals surface area contributed by atoms with Gasteiger partial charge in [-0.1, -0.05) is 25.1 Å². The number of aromatic nitrogens is 2. The van der Waals surface area contributed by atoms with Crippen molar-refractivity contribution in [3.63, 3.8) is 0 Å². The Balaban J connectivity index is 2.36. The van der Waals surface area contributed by atoms with E-state index in [-0.39, 0.29) is 5.56 Å². The molecule has 23 heavy (non-hydrogen) atoms. The van der Waals surface area contributed by atoms with Crippen LogP contribution >= 0.6 is 0 Å². The first-order valence-corrected chi connectivity index (χ1v) is 7.10. The Morgan fingerprint density at radius 3 is 2.52 bits per heavy atom. The van der Waals surface area contributed by atoms with Gasteiger partial charge >= 0.3 is 6.18 Å². The molecule has 0 N–H and O–H groups in total. The molecule has 6 heteroatoms. The van der Waals surface area contributed by atoms with Crippen LogP contribution in [0.1, 0.15) is 18.3 Å². The Morgan fingerprint density at radius 1 is 1.09 bits per heavy atom. The number of aryl methyl sites for hydroxylation is 1. The van der Waals surface area contributed by atoms with Crippen molar-refractivity contribution in [1.82, 2.24) is 9.55 Å². The lowest BCUT2D eigenvalue weighted by Crippen LogP contribution is -2.18. The Morgan fingerprint density at radius 2 is 1.83 bits per heavy atom. The summed E-state index contributed by atoms with van der Waals surface area (Å²) < 4.78 is 40.5. The van der Waals surface area contributed by atoms with E-state index >= 15 is 0 Å². The van der Waals surface area contributed by atoms with Gasteiger partial charge in [-0.25, -0.2) is 0 Å². The zero-order valence-electron chi connectivity index (χ0n) is 12.3. The highest BCUT2D eigenvalue weighted by atomic mass is 19.4. The average Bonchev–Trinajstić information content (AvgIpc) is 2.54. The number of fused-ring (bicyclic) bond motifs is 1. The van der Waals surface area contributed by atoms with Crippen LogP contribution < -0.4 is 5.56 Å². The van der Waals surface area contributed by atoms with Crippen LogP contribution in [-0.4, -0.2) is 9.55 Å². The van der Waals surface area contributed by atoms with E-state index in [1.807, 2.05) is 0 Å². The second-order valence-corrected chi connectivity index (χ2v) is 5.09. The van der Waals surface area contributed by atoms with Gasteiger partial charge in [0.25, 0.3) is 5.56 Å². The van der Waals surface area contributed by atoms with E-state index < -0.39 is 11.7 Å². The molecule has 0 aliphatic rings. The largest absolute Gasteiger partial charge is 0.416 e. The van der Waals surface area contributed by atoms with Crippen LogP contribution in [0.5, 0.6) is 0 Å². The predicted octanol–water partition coefficient (Wildman–Crippen LogP) is 3.97. The fourth-order valence-electron chi connectivity index (χ4n) is 2.56. The van der Waals surface area contributed by atoms with Gasteiger partial charge in [0.05, 0.1) is 16.5 Å². The van der Waals surface area contributed by atoms with E-state index in [9.17, 15) is 18.0 Å². The second kappa shape index (κ2) is 5.53. The molecular weight excluding hydrogens is 305 g/mol. The summed E-state index contributed by atoms with van der Waals surface area (Å²) >= 11 is 0. The molecule has 0 atom stereocenters. The average molecular weight is 318 g/mol. The van der Waals surface area contributed by atoms with E-state index in [2.05, 4.69) is 4.98 Å². The third-order valence-corrected chi connectivity index (χ3v) is 3.61. The van der Waals surface area contributed by atoms with Crippen molar-refractivity contribution >= 4 is 10.9 Å². The summed E-state index contributed by atoms with van der Waals surface area (Å²) in [6.07, 6.45) is -4.00. The zero-order valence-corrected chi connectivity index (χ0v) is 12.3. The number of para-hydroxylation sites is 1. The number of hydrogen-bond acceptors (Lipinski definition) is 2. The highest BCUT2D eigenvalue weighted by molar-refractivity contribution is 5.80. The summed E-state index contributed by atoms with van der Waals surface area (Å²) in [4.78, 5) is 16.1. The van der Waals surface area contributed by atoms with E-state index in [0.29, 0.717) is 28.8 Å². The lowest BCUT2D eigenvalue weighted by molar-refractivity contribution is -0.137. The lowest BCUT2D eigenvalue weighted by Gasteiger charge is -2.16. The van der Waals surface area contributed by atoms with Gasteiger partial charge in [-0.15, -0.1) is 0 Å². The number of nitrogens with zero attached hydrogens (tertiary/aromatic N) is 2. The first-order chi connectivity index (χ1) is 10.9. The highest BCUT2D eigenvalue weighted by Gasteiger charge is 2.30.